The van der Waals surface area contributed by atoms with Gasteiger partial charge in [0.2, 0.25) is 0 Å². The fourth-order valence-electron chi connectivity index (χ4n) is 1.62. The van der Waals surface area contributed by atoms with Crippen molar-refractivity contribution in [2.24, 2.45) is 7.05 Å². The largest absolute Gasteiger partial charge is 0.383 e. The number of anilines is 2. The number of aromatic nitrogens is 2. The van der Waals surface area contributed by atoms with Crippen molar-refractivity contribution >= 4 is 11.5 Å². The van der Waals surface area contributed by atoms with Gasteiger partial charge in [0.05, 0.1) is 6.54 Å². The molecule has 6 nitrogen and oxygen atoms in total. The lowest BCUT2D eigenvalue weighted by Gasteiger charge is -2.14. The summed E-state index contributed by atoms with van der Waals surface area (Å²) in [6, 6.07) is 0. The molecule has 0 fully saturated rings. The molecular weight excluding hydrogens is 232 g/mol. The molecule has 6 heteroatoms. The van der Waals surface area contributed by atoms with Crippen LogP contribution in [0.2, 0.25) is 0 Å². The van der Waals surface area contributed by atoms with Crippen molar-refractivity contribution in [3.63, 3.8) is 0 Å². The number of terminal acetylenes is 1. The number of nitrogens with one attached hydrogen (secondary N) is 1. The number of rotatable bonds is 5. The first-order valence-corrected chi connectivity index (χ1v) is 5.81. The van der Waals surface area contributed by atoms with E-state index in [9.17, 15) is 9.59 Å². The Labute approximate surface area is 105 Å². The normalized spacial score (nSPS) is 10.1. The molecule has 0 atom stereocenters. The van der Waals surface area contributed by atoms with Gasteiger partial charge in [-0.05, 0) is 6.42 Å². The van der Waals surface area contributed by atoms with E-state index in [2.05, 4.69) is 11.2 Å². The molecule has 18 heavy (non-hydrogen) atoms. The van der Waals surface area contributed by atoms with Crippen LogP contribution in [-0.2, 0) is 13.6 Å². The Hall–Kier alpha value is -2.16. The van der Waals surface area contributed by atoms with Gasteiger partial charge in [-0.1, -0.05) is 19.3 Å². The fraction of sp³-hybridized carbons (Fsp3) is 0.500. The fourth-order valence-corrected chi connectivity index (χ4v) is 1.62. The van der Waals surface area contributed by atoms with E-state index in [0.717, 1.165) is 17.4 Å². The molecule has 1 aromatic rings. The van der Waals surface area contributed by atoms with Gasteiger partial charge in [-0.15, -0.1) is 6.42 Å². The van der Waals surface area contributed by atoms with Gasteiger partial charge in [0, 0.05) is 13.6 Å². The maximum atomic E-state index is 11.9. The molecule has 1 heterocycles. The minimum atomic E-state index is -0.458. The van der Waals surface area contributed by atoms with Crippen molar-refractivity contribution in [1.29, 1.82) is 0 Å². The number of hydrogen-bond donors (Lipinski definition) is 2. The average molecular weight is 250 g/mol. The van der Waals surface area contributed by atoms with E-state index in [1.807, 2.05) is 6.92 Å². The highest BCUT2D eigenvalue weighted by atomic mass is 16.2. The van der Waals surface area contributed by atoms with Crippen LogP contribution in [-0.4, -0.2) is 15.7 Å². The second kappa shape index (κ2) is 5.96. The maximum Gasteiger partial charge on any atom is 0.332 e. The van der Waals surface area contributed by atoms with Crippen LogP contribution in [0.15, 0.2) is 9.59 Å². The summed E-state index contributed by atoms with van der Waals surface area (Å²) in [5, 5.41) is 2.76. The van der Waals surface area contributed by atoms with Crippen molar-refractivity contribution in [2.45, 2.75) is 26.3 Å². The smallest absolute Gasteiger partial charge is 0.332 e. The van der Waals surface area contributed by atoms with Gasteiger partial charge in [0.25, 0.3) is 5.56 Å². The number of nitrogens with two attached hydrogens (primary N) is 1. The van der Waals surface area contributed by atoms with E-state index in [0.29, 0.717) is 6.54 Å². The summed E-state index contributed by atoms with van der Waals surface area (Å²) in [7, 11) is 1.42. The zero-order valence-corrected chi connectivity index (χ0v) is 10.7. The molecule has 0 aliphatic rings. The minimum absolute atomic E-state index is 0.145. The highest BCUT2D eigenvalue weighted by Crippen LogP contribution is 2.10. The summed E-state index contributed by atoms with van der Waals surface area (Å²) in [6.45, 7) is 2.69. The monoisotopic (exact) mass is 250 g/mol. The second-order valence-electron chi connectivity index (χ2n) is 3.97. The van der Waals surface area contributed by atoms with Crippen molar-refractivity contribution in [1.82, 2.24) is 9.13 Å². The molecular formula is C12H18N4O2. The lowest BCUT2D eigenvalue weighted by Crippen LogP contribution is -2.40. The van der Waals surface area contributed by atoms with Crippen molar-refractivity contribution in [2.75, 3.05) is 17.6 Å². The number of nitrogen functional groups attached to an aromatic ring is 1. The predicted octanol–water partition coefficient (Wildman–Crippen LogP) is -0.0256. The summed E-state index contributed by atoms with van der Waals surface area (Å²) in [5.74, 6) is 2.51. The highest BCUT2D eigenvalue weighted by molar-refractivity contribution is 5.61. The van der Waals surface area contributed by atoms with Crippen molar-refractivity contribution < 1.29 is 0 Å². The van der Waals surface area contributed by atoms with Gasteiger partial charge in [-0.25, -0.2) is 4.79 Å². The van der Waals surface area contributed by atoms with Crippen LogP contribution < -0.4 is 22.3 Å². The van der Waals surface area contributed by atoms with Crippen LogP contribution in [0.5, 0.6) is 0 Å². The third-order valence-corrected chi connectivity index (χ3v) is 2.69. The summed E-state index contributed by atoms with van der Waals surface area (Å²) in [6.07, 6.45) is 6.88. The van der Waals surface area contributed by atoms with Gasteiger partial charge in [0.15, 0.2) is 0 Å². The van der Waals surface area contributed by atoms with Crippen LogP contribution in [0.4, 0.5) is 11.5 Å². The number of unbranched alkanes of at least 4 members (excludes halogenated alkanes) is 1. The Bertz CT molecular complexity index is 577. The van der Waals surface area contributed by atoms with Gasteiger partial charge in [-0.2, -0.15) is 0 Å². The van der Waals surface area contributed by atoms with E-state index in [1.54, 1.807) is 0 Å². The summed E-state index contributed by atoms with van der Waals surface area (Å²) in [4.78, 5) is 23.8. The molecule has 0 saturated carbocycles. The van der Waals surface area contributed by atoms with Crippen molar-refractivity contribution in [3.05, 3.63) is 20.8 Å². The Morgan fingerprint density at radius 1 is 1.44 bits per heavy atom. The van der Waals surface area contributed by atoms with Gasteiger partial charge >= 0.3 is 5.69 Å². The van der Waals surface area contributed by atoms with Gasteiger partial charge < -0.3 is 11.1 Å². The second-order valence-corrected chi connectivity index (χ2v) is 3.97. The lowest BCUT2D eigenvalue weighted by molar-refractivity contribution is 0.576. The molecule has 0 amide bonds. The van der Waals surface area contributed by atoms with E-state index in [1.165, 1.54) is 11.6 Å². The quantitative estimate of drug-likeness (QED) is 0.719. The molecule has 3 N–H and O–H groups in total. The Balaban J connectivity index is 3.36. The van der Waals surface area contributed by atoms with E-state index in [-0.39, 0.29) is 18.1 Å². The Kier molecular flexibility index (Phi) is 4.60. The zero-order valence-electron chi connectivity index (χ0n) is 10.7. The van der Waals surface area contributed by atoms with Crippen molar-refractivity contribution in [3.8, 4) is 12.3 Å². The molecule has 0 aromatic carbocycles. The zero-order chi connectivity index (χ0) is 13.7. The van der Waals surface area contributed by atoms with E-state index < -0.39 is 11.2 Å². The average Bonchev–Trinajstić information content (AvgIpc) is 2.36. The molecule has 0 aliphatic heterocycles. The van der Waals surface area contributed by atoms with E-state index in [4.69, 9.17) is 12.2 Å². The first-order chi connectivity index (χ1) is 8.54. The van der Waals surface area contributed by atoms with Crippen LogP contribution in [0.1, 0.15) is 19.8 Å². The predicted molar refractivity (Wildman–Crippen MR) is 72.6 cm³/mol. The molecule has 0 spiro atoms. The van der Waals surface area contributed by atoms with E-state index >= 15 is 0 Å². The third kappa shape index (κ3) is 2.56. The molecule has 1 rings (SSSR count). The summed E-state index contributed by atoms with van der Waals surface area (Å²) >= 11 is 0. The Morgan fingerprint density at radius 2 is 2.11 bits per heavy atom. The number of hydrogen-bond acceptors (Lipinski definition) is 4. The van der Waals surface area contributed by atoms with Crippen LogP contribution >= 0.6 is 0 Å². The molecule has 0 bridgehead atoms. The molecule has 0 aliphatic carbocycles. The molecule has 98 valence electrons. The maximum absolute atomic E-state index is 11.9. The minimum Gasteiger partial charge on any atom is -0.383 e. The SMILES string of the molecule is C#CCNc1c(N)n(CCCC)c(=O)n(C)c1=O. The van der Waals surface area contributed by atoms with Crippen LogP contribution in [0.3, 0.4) is 0 Å². The first-order valence-electron chi connectivity index (χ1n) is 5.81. The summed E-state index contributed by atoms with van der Waals surface area (Å²) in [5.41, 5.74) is 5.18. The topological polar surface area (TPSA) is 82.0 Å². The highest BCUT2D eigenvalue weighted by Gasteiger charge is 2.14. The van der Waals surface area contributed by atoms with Crippen LogP contribution in [0.25, 0.3) is 0 Å². The third-order valence-electron chi connectivity index (χ3n) is 2.69. The summed E-state index contributed by atoms with van der Waals surface area (Å²) < 4.78 is 2.43. The standard InChI is InChI=1S/C12H18N4O2/c1-4-6-8-16-10(13)9(14-7-5-2)11(17)15(3)12(16)18/h2,14H,4,6-8,13H2,1,3H3. The molecule has 0 radical (unpaired) electrons. The van der Waals surface area contributed by atoms with Gasteiger partial charge in [-0.3, -0.25) is 13.9 Å². The molecule has 0 unspecified atom stereocenters. The first kappa shape index (κ1) is 13.9. The molecule has 0 saturated heterocycles. The Morgan fingerprint density at radius 3 is 2.67 bits per heavy atom. The number of nitrogens with zero attached hydrogens (tertiary/aromatic N) is 2. The lowest BCUT2D eigenvalue weighted by atomic mass is 10.3. The van der Waals surface area contributed by atoms with Gasteiger partial charge in [0.1, 0.15) is 11.5 Å². The van der Waals surface area contributed by atoms with Crippen LogP contribution in [0, 0.1) is 12.3 Å². The molecule has 1 aromatic heterocycles.